The Morgan fingerprint density at radius 1 is 1.09 bits per heavy atom. The van der Waals surface area contributed by atoms with Gasteiger partial charge in [-0.15, -0.1) is 5.10 Å². The lowest BCUT2D eigenvalue weighted by molar-refractivity contribution is 0.257. The molecule has 0 saturated heterocycles. The summed E-state index contributed by atoms with van der Waals surface area (Å²) in [7, 11) is 3.29. The lowest BCUT2D eigenvalue weighted by Gasteiger charge is -2.20. The van der Waals surface area contributed by atoms with Crippen molar-refractivity contribution >= 4 is 0 Å². The van der Waals surface area contributed by atoms with E-state index in [1.807, 2.05) is 16.8 Å². The zero-order valence-electron chi connectivity index (χ0n) is 14.3. The summed E-state index contributed by atoms with van der Waals surface area (Å²) in [6, 6.07) is 6.00. The van der Waals surface area contributed by atoms with Crippen molar-refractivity contribution in [2.24, 2.45) is 0 Å². The molecule has 0 fully saturated rings. The van der Waals surface area contributed by atoms with Crippen LogP contribution in [0.4, 0.5) is 0 Å². The number of benzene rings is 1. The highest BCUT2D eigenvalue weighted by molar-refractivity contribution is 5.42. The molecule has 0 unspecified atom stereocenters. The van der Waals surface area contributed by atoms with E-state index in [9.17, 15) is 0 Å². The molecule has 0 aliphatic carbocycles. The first-order chi connectivity index (χ1) is 11.2. The van der Waals surface area contributed by atoms with Crippen molar-refractivity contribution in [3.8, 4) is 11.5 Å². The molecule has 0 aliphatic rings. The van der Waals surface area contributed by atoms with Crippen LogP contribution in [0.2, 0.25) is 0 Å². The maximum Gasteiger partial charge on any atom is 0.165 e. The Morgan fingerprint density at radius 3 is 2.52 bits per heavy atom. The first-order valence-corrected chi connectivity index (χ1v) is 7.90. The van der Waals surface area contributed by atoms with Gasteiger partial charge in [-0.3, -0.25) is 4.90 Å². The number of hydrogen-bond donors (Lipinski definition) is 0. The number of rotatable bonds is 9. The van der Waals surface area contributed by atoms with Crippen LogP contribution in [0.1, 0.15) is 31.7 Å². The van der Waals surface area contributed by atoms with Gasteiger partial charge in [0, 0.05) is 13.1 Å². The van der Waals surface area contributed by atoms with E-state index in [1.54, 1.807) is 14.2 Å². The SMILES string of the molecule is CCCn1nnnc1CN(CC)Cc1ccc(OC)c(OC)c1. The molecule has 7 heteroatoms. The second-order valence-corrected chi connectivity index (χ2v) is 5.31. The molecule has 0 spiro atoms. The molecule has 1 aromatic heterocycles. The number of nitrogens with zero attached hydrogens (tertiary/aromatic N) is 5. The van der Waals surface area contributed by atoms with Crippen LogP contribution in [0.15, 0.2) is 18.2 Å². The molecule has 1 heterocycles. The maximum atomic E-state index is 5.37. The summed E-state index contributed by atoms with van der Waals surface area (Å²) in [6.45, 7) is 7.53. The third-order valence-corrected chi connectivity index (χ3v) is 3.71. The standard InChI is InChI=1S/C16H25N5O2/c1-5-9-21-16(17-18-19-21)12-20(6-2)11-13-7-8-14(22-3)15(10-13)23-4/h7-8,10H,5-6,9,11-12H2,1-4H3. The van der Waals surface area contributed by atoms with E-state index in [4.69, 9.17) is 9.47 Å². The normalized spacial score (nSPS) is 11.0. The molecule has 0 saturated carbocycles. The highest BCUT2D eigenvalue weighted by atomic mass is 16.5. The van der Waals surface area contributed by atoms with Crippen molar-refractivity contribution in [2.75, 3.05) is 20.8 Å². The van der Waals surface area contributed by atoms with Crippen LogP contribution in [0, 0.1) is 0 Å². The summed E-state index contributed by atoms with van der Waals surface area (Å²) < 4.78 is 12.5. The maximum absolute atomic E-state index is 5.37. The van der Waals surface area contributed by atoms with Gasteiger partial charge in [0.2, 0.25) is 0 Å². The van der Waals surface area contributed by atoms with Crippen molar-refractivity contribution < 1.29 is 9.47 Å². The highest BCUT2D eigenvalue weighted by Crippen LogP contribution is 2.28. The number of aryl methyl sites for hydroxylation is 1. The lowest BCUT2D eigenvalue weighted by Crippen LogP contribution is -2.24. The molecule has 2 aromatic rings. The quantitative estimate of drug-likeness (QED) is 0.705. The van der Waals surface area contributed by atoms with Gasteiger partial charge in [-0.05, 0) is 41.1 Å². The molecule has 23 heavy (non-hydrogen) atoms. The Morgan fingerprint density at radius 2 is 1.87 bits per heavy atom. The molecule has 0 amide bonds. The summed E-state index contributed by atoms with van der Waals surface area (Å²) in [6.07, 6.45) is 1.01. The fraction of sp³-hybridized carbons (Fsp3) is 0.562. The number of tetrazole rings is 1. The van der Waals surface area contributed by atoms with Crippen molar-refractivity contribution in [3.05, 3.63) is 29.6 Å². The van der Waals surface area contributed by atoms with Crippen molar-refractivity contribution in [3.63, 3.8) is 0 Å². The van der Waals surface area contributed by atoms with Crippen LogP contribution in [-0.2, 0) is 19.6 Å². The predicted molar refractivity (Wildman–Crippen MR) is 87.4 cm³/mol. The number of methoxy groups -OCH3 is 2. The van der Waals surface area contributed by atoms with E-state index in [0.717, 1.165) is 49.9 Å². The van der Waals surface area contributed by atoms with Crippen LogP contribution in [0.3, 0.4) is 0 Å². The second kappa shape index (κ2) is 8.47. The smallest absolute Gasteiger partial charge is 0.165 e. The minimum absolute atomic E-state index is 0.720. The van der Waals surface area contributed by atoms with E-state index in [0.29, 0.717) is 0 Å². The second-order valence-electron chi connectivity index (χ2n) is 5.31. The molecule has 7 nitrogen and oxygen atoms in total. The molecular formula is C16H25N5O2. The molecular weight excluding hydrogens is 294 g/mol. The molecule has 0 radical (unpaired) electrons. The first-order valence-electron chi connectivity index (χ1n) is 7.90. The Hall–Kier alpha value is -2.15. The molecule has 2 rings (SSSR count). The average molecular weight is 319 g/mol. The molecule has 0 bridgehead atoms. The van der Waals surface area contributed by atoms with E-state index in [1.165, 1.54) is 5.56 Å². The highest BCUT2D eigenvalue weighted by Gasteiger charge is 2.12. The number of ether oxygens (including phenoxy) is 2. The summed E-state index contributed by atoms with van der Waals surface area (Å²) >= 11 is 0. The zero-order chi connectivity index (χ0) is 16.7. The van der Waals surface area contributed by atoms with Crippen LogP contribution in [-0.4, -0.2) is 45.9 Å². The van der Waals surface area contributed by atoms with Crippen molar-refractivity contribution in [1.82, 2.24) is 25.1 Å². The van der Waals surface area contributed by atoms with Gasteiger partial charge in [-0.2, -0.15) is 0 Å². The first kappa shape index (κ1) is 17.2. The summed E-state index contributed by atoms with van der Waals surface area (Å²) in [5.41, 5.74) is 1.17. The monoisotopic (exact) mass is 319 g/mol. The molecule has 1 aromatic carbocycles. The van der Waals surface area contributed by atoms with Gasteiger partial charge in [0.05, 0.1) is 20.8 Å². The van der Waals surface area contributed by atoms with Crippen molar-refractivity contribution in [2.45, 2.75) is 39.9 Å². The zero-order valence-corrected chi connectivity index (χ0v) is 14.3. The number of aromatic nitrogens is 4. The van der Waals surface area contributed by atoms with Crippen LogP contribution in [0.25, 0.3) is 0 Å². The molecule has 126 valence electrons. The van der Waals surface area contributed by atoms with E-state index in [-0.39, 0.29) is 0 Å². The van der Waals surface area contributed by atoms with Gasteiger partial charge < -0.3 is 9.47 Å². The molecule has 0 atom stereocenters. The van der Waals surface area contributed by atoms with Crippen molar-refractivity contribution in [1.29, 1.82) is 0 Å². The Balaban J connectivity index is 2.08. The third kappa shape index (κ3) is 4.41. The third-order valence-electron chi connectivity index (χ3n) is 3.71. The minimum atomic E-state index is 0.720. The topological polar surface area (TPSA) is 65.3 Å². The van der Waals surface area contributed by atoms with Gasteiger partial charge in [-0.25, -0.2) is 4.68 Å². The van der Waals surface area contributed by atoms with Gasteiger partial charge in [0.25, 0.3) is 0 Å². The summed E-state index contributed by atoms with van der Waals surface area (Å²) in [5, 5.41) is 12.0. The van der Waals surface area contributed by atoms with E-state index >= 15 is 0 Å². The largest absolute Gasteiger partial charge is 0.493 e. The van der Waals surface area contributed by atoms with E-state index in [2.05, 4.69) is 40.3 Å². The summed E-state index contributed by atoms with van der Waals surface area (Å²) in [4.78, 5) is 2.29. The minimum Gasteiger partial charge on any atom is -0.493 e. The van der Waals surface area contributed by atoms with Crippen LogP contribution < -0.4 is 9.47 Å². The average Bonchev–Trinajstić information content (AvgIpc) is 3.01. The predicted octanol–water partition coefficient (Wildman–Crippen LogP) is 2.12. The van der Waals surface area contributed by atoms with Crippen LogP contribution >= 0.6 is 0 Å². The van der Waals surface area contributed by atoms with E-state index < -0.39 is 0 Å². The van der Waals surface area contributed by atoms with Gasteiger partial charge in [-0.1, -0.05) is 19.9 Å². The molecule has 0 N–H and O–H groups in total. The van der Waals surface area contributed by atoms with Gasteiger partial charge in [0.15, 0.2) is 17.3 Å². The number of hydrogen-bond acceptors (Lipinski definition) is 6. The van der Waals surface area contributed by atoms with Gasteiger partial charge >= 0.3 is 0 Å². The Labute approximate surface area is 137 Å². The lowest BCUT2D eigenvalue weighted by atomic mass is 10.2. The Bertz CT molecular complexity index is 614. The Kier molecular flexibility index (Phi) is 6.34. The van der Waals surface area contributed by atoms with Gasteiger partial charge in [0.1, 0.15) is 0 Å². The van der Waals surface area contributed by atoms with Crippen LogP contribution in [0.5, 0.6) is 11.5 Å². The molecule has 0 aliphatic heterocycles. The fourth-order valence-corrected chi connectivity index (χ4v) is 2.44. The fourth-order valence-electron chi connectivity index (χ4n) is 2.44. The summed E-state index contributed by atoms with van der Waals surface area (Å²) in [5.74, 6) is 2.39.